The van der Waals surface area contributed by atoms with E-state index in [1.807, 2.05) is 30.5 Å². The van der Waals surface area contributed by atoms with Crippen molar-refractivity contribution in [1.29, 1.82) is 5.26 Å². The monoisotopic (exact) mass is 864 g/mol. The first-order chi connectivity index (χ1) is 30.3. The van der Waals surface area contributed by atoms with E-state index in [2.05, 4.69) is 48.2 Å². The van der Waals surface area contributed by atoms with Crippen molar-refractivity contribution in [3.63, 3.8) is 0 Å². The van der Waals surface area contributed by atoms with Crippen molar-refractivity contribution in [2.75, 3.05) is 63.6 Å². The summed E-state index contributed by atoms with van der Waals surface area (Å²) in [7, 11) is 3.67. The van der Waals surface area contributed by atoms with Crippen LogP contribution >= 0.6 is 0 Å². The molecule has 2 unspecified atom stereocenters. The third-order valence-corrected chi connectivity index (χ3v) is 12.8. The molecule has 3 fully saturated rings. The third kappa shape index (κ3) is 10.9. The summed E-state index contributed by atoms with van der Waals surface area (Å²) in [4.78, 5) is 42.8. The number of ether oxygens (including phenoxy) is 1. The second kappa shape index (κ2) is 20.3. The minimum atomic E-state index is -1.16. The van der Waals surface area contributed by atoms with Gasteiger partial charge in [-0.1, -0.05) is 25.3 Å². The van der Waals surface area contributed by atoms with Crippen LogP contribution in [0.4, 0.5) is 15.8 Å². The normalized spacial score (nSPS) is 20.5. The summed E-state index contributed by atoms with van der Waals surface area (Å²) >= 11 is 0. The minimum Gasteiger partial charge on any atom is -0.480 e. The molecule has 5 heterocycles. The van der Waals surface area contributed by atoms with Gasteiger partial charge in [-0.15, -0.1) is 0 Å². The summed E-state index contributed by atoms with van der Waals surface area (Å²) in [5, 5.41) is 37.1. The second-order valence-corrected chi connectivity index (χ2v) is 17.7. The zero-order valence-corrected chi connectivity index (χ0v) is 36.9. The lowest BCUT2D eigenvalue weighted by molar-refractivity contribution is -0.128. The number of aldehydes is 1. The highest BCUT2D eigenvalue weighted by molar-refractivity contribution is 6.05. The van der Waals surface area contributed by atoms with E-state index in [0.29, 0.717) is 52.5 Å². The number of allylic oxidation sites excluding steroid dienone is 1. The van der Waals surface area contributed by atoms with Crippen molar-refractivity contribution in [2.24, 2.45) is 5.10 Å². The first kappa shape index (κ1) is 45.4. The molecule has 0 bridgehead atoms. The van der Waals surface area contributed by atoms with Gasteiger partial charge < -0.3 is 35.1 Å². The Bertz CT molecular complexity index is 2260. The Morgan fingerprint density at radius 2 is 1.79 bits per heavy atom. The predicted molar refractivity (Wildman–Crippen MR) is 241 cm³/mol. The van der Waals surface area contributed by atoms with Gasteiger partial charge in [-0.05, 0) is 83.3 Å². The SMILES string of the molecule is CC(C)(O)c1cc2nn(C3CCCCC3)cc2cc1NC(=O)C1=CCC2C=C(C#N)C=NN12.CNC(=O)C(CCC=O)Oc1ccc(N2CCC(N3CCN(C)CC3)CC2)c(F)c1. The first-order valence-electron chi connectivity index (χ1n) is 22.4. The number of hydrogen-bond donors (Lipinski definition) is 3. The number of carbonyl (C=O) groups is 3. The molecule has 2 aromatic carbocycles. The second-order valence-electron chi connectivity index (χ2n) is 17.7. The standard InChI is InChI=1S/C25H28N6O2.C22H33FN4O3/c1-25(2,33)20-12-21-17(15-30(29-21)18-6-4-3-5-7-18)11-22(20)28-24(32)23-9-8-19-10-16(13-26)14-27-31(19)23;1-24-22(29)21(4-3-15-28)30-18-5-6-20(19(23)16-18)27-9-7-17(8-10-27)26-13-11-25(2)12-14-26/h9-12,14-15,18-19,33H,3-8H2,1-2H3,(H,28,32);5-6,15-17,21H,3-4,7-14H2,1-2H3,(H,24,29). The highest BCUT2D eigenvalue weighted by Crippen LogP contribution is 2.36. The number of fused-ring (bicyclic) bond motifs is 2. The van der Waals surface area contributed by atoms with Crippen LogP contribution in [0.2, 0.25) is 0 Å². The van der Waals surface area contributed by atoms with Crippen molar-refractivity contribution in [3.8, 4) is 11.8 Å². The lowest BCUT2D eigenvalue weighted by Gasteiger charge is -2.42. The van der Waals surface area contributed by atoms with Gasteiger partial charge in [0.25, 0.3) is 11.8 Å². The van der Waals surface area contributed by atoms with Gasteiger partial charge in [-0.3, -0.25) is 24.2 Å². The molecule has 3 N–H and O–H groups in total. The number of likely N-dealkylation sites (N-methyl/N-ethyl adjacent to an activating group) is 2. The van der Waals surface area contributed by atoms with Crippen molar-refractivity contribution < 1.29 is 28.6 Å². The highest BCUT2D eigenvalue weighted by atomic mass is 19.1. The van der Waals surface area contributed by atoms with Gasteiger partial charge in [0.2, 0.25) is 0 Å². The molecule has 1 aromatic heterocycles. The largest absolute Gasteiger partial charge is 0.480 e. The molecule has 63 heavy (non-hydrogen) atoms. The van der Waals surface area contributed by atoms with E-state index < -0.39 is 11.7 Å². The number of halogens is 1. The van der Waals surface area contributed by atoms with E-state index in [4.69, 9.17) is 15.1 Å². The molecule has 8 rings (SSSR count). The van der Waals surface area contributed by atoms with E-state index >= 15 is 0 Å². The number of rotatable bonds is 12. The molecule has 0 spiro atoms. The molecule has 2 saturated heterocycles. The molecule has 15 nitrogen and oxygen atoms in total. The number of piperazine rings is 1. The van der Waals surface area contributed by atoms with Gasteiger partial charge in [0.1, 0.15) is 29.6 Å². The maximum Gasteiger partial charge on any atom is 0.273 e. The molecular formula is C47H61FN10O5. The van der Waals surface area contributed by atoms with Gasteiger partial charge in [0.05, 0.1) is 40.7 Å². The predicted octanol–water partition coefficient (Wildman–Crippen LogP) is 5.63. The van der Waals surface area contributed by atoms with Crippen LogP contribution in [0.3, 0.4) is 0 Å². The third-order valence-electron chi connectivity index (χ3n) is 12.8. The fourth-order valence-corrected chi connectivity index (χ4v) is 9.21. The number of piperidine rings is 1. The molecular weight excluding hydrogens is 804 g/mol. The number of nitrogens with zero attached hydrogens (tertiary/aromatic N) is 8. The van der Waals surface area contributed by atoms with Crippen LogP contribution in [-0.2, 0) is 20.0 Å². The minimum absolute atomic E-state index is 0.129. The van der Waals surface area contributed by atoms with Crippen molar-refractivity contribution in [1.82, 2.24) is 29.9 Å². The van der Waals surface area contributed by atoms with Crippen LogP contribution in [0.5, 0.6) is 5.75 Å². The van der Waals surface area contributed by atoms with E-state index in [9.17, 15) is 23.9 Å². The Morgan fingerprint density at radius 1 is 1.05 bits per heavy atom. The molecule has 4 aliphatic heterocycles. The lowest BCUT2D eigenvalue weighted by atomic mass is 9.95. The van der Waals surface area contributed by atoms with E-state index in [-0.39, 0.29) is 36.5 Å². The van der Waals surface area contributed by atoms with Gasteiger partial charge in [0, 0.05) is 94.1 Å². The summed E-state index contributed by atoms with van der Waals surface area (Å²) < 4.78 is 22.5. The molecule has 3 aromatic rings. The average molecular weight is 865 g/mol. The Hall–Kier alpha value is -5.63. The van der Waals surface area contributed by atoms with Gasteiger partial charge in [-0.2, -0.15) is 15.5 Å². The van der Waals surface area contributed by atoms with Crippen LogP contribution in [0.25, 0.3) is 10.9 Å². The zero-order chi connectivity index (χ0) is 44.7. The lowest BCUT2D eigenvalue weighted by Crippen LogP contribution is -2.52. The number of benzene rings is 2. The van der Waals surface area contributed by atoms with Gasteiger partial charge >= 0.3 is 0 Å². The number of amides is 2. The summed E-state index contributed by atoms with van der Waals surface area (Å²) in [6.07, 6.45) is 16.2. The number of carbonyl (C=O) groups excluding carboxylic acids is 3. The first-order valence-corrected chi connectivity index (χ1v) is 22.4. The molecule has 1 saturated carbocycles. The number of hydrogen-bond acceptors (Lipinski definition) is 12. The van der Waals surface area contributed by atoms with Crippen molar-refractivity contribution in [3.05, 3.63) is 71.3 Å². The summed E-state index contributed by atoms with van der Waals surface area (Å²) in [6, 6.07) is 11.5. The molecule has 336 valence electrons. The van der Waals surface area contributed by atoms with Crippen molar-refractivity contribution in [2.45, 2.75) is 108 Å². The van der Waals surface area contributed by atoms with E-state index in [0.717, 1.165) is 82.1 Å². The fraction of sp³-hybridized carbons (Fsp3) is 0.532. The number of aromatic nitrogens is 2. The molecule has 5 aliphatic rings. The zero-order valence-electron chi connectivity index (χ0n) is 36.9. The molecule has 2 amide bonds. The summed E-state index contributed by atoms with van der Waals surface area (Å²) in [6.45, 7) is 9.51. The molecule has 16 heteroatoms. The number of anilines is 2. The molecule has 1 aliphatic carbocycles. The molecule has 2 atom stereocenters. The van der Waals surface area contributed by atoms with E-state index in [1.54, 1.807) is 31.0 Å². The van der Waals surface area contributed by atoms with Gasteiger partial charge in [0.15, 0.2) is 6.10 Å². The Balaban J connectivity index is 0.000000190. The van der Waals surface area contributed by atoms with Crippen LogP contribution in [-0.4, -0.2) is 126 Å². The topological polar surface area (TPSA) is 172 Å². The molecule has 0 radical (unpaired) electrons. The van der Waals surface area contributed by atoms with Crippen LogP contribution < -0.4 is 20.3 Å². The summed E-state index contributed by atoms with van der Waals surface area (Å²) in [5.41, 5.74) is 2.32. The fourth-order valence-electron chi connectivity index (χ4n) is 9.21. The Labute approximate surface area is 369 Å². The van der Waals surface area contributed by atoms with Crippen LogP contribution in [0.15, 0.2) is 65.1 Å². The highest BCUT2D eigenvalue weighted by Gasteiger charge is 2.33. The van der Waals surface area contributed by atoms with Crippen LogP contribution in [0.1, 0.15) is 89.7 Å². The quantitative estimate of drug-likeness (QED) is 0.193. The number of nitrogens with one attached hydrogen (secondary N) is 2. The Morgan fingerprint density at radius 3 is 2.46 bits per heavy atom. The van der Waals surface area contributed by atoms with Gasteiger partial charge in [-0.25, -0.2) is 4.39 Å². The number of nitriles is 1. The number of hydrazone groups is 1. The number of aliphatic hydroxyl groups is 1. The summed E-state index contributed by atoms with van der Waals surface area (Å²) in [5.74, 6) is -0.681. The Kier molecular flexibility index (Phi) is 14.6. The van der Waals surface area contributed by atoms with E-state index in [1.165, 1.54) is 38.6 Å². The van der Waals surface area contributed by atoms with Crippen molar-refractivity contribution >= 4 is 46.6 Å². The maximum absolute atomic E-state index is 14.8. The maximum atomic E-state index is 14.8. The average Bonchev–Trinajstić information content (AvgIpc) is 3.92. The smallest absolute Gasteiger partial charge is 0.273 e. The van der Waals surface area contributed by atoms with Crippen LogP contribution in [0, 0.1) is 17.1 Å².